The Kier molecular flexibility index (Phi) is 4.54. The van der Waals surface area contributed by atoms with Gasteiger partial charge >= 0.3 is 0 Å². The number of piperazine rings is 1. The van der Waals surface area contributed by atoms with Gasteiger partial charge in [-0.15, -0.1) is 0 Å². The number of amides is 1. The second-order valence-corrected chi connectivity index (χ2v) is 7.57. The molecule has 1 aliphatic carbocycles. The molecule has 2 aliphatic rings. The fourth-order valence-corrected chi connectivity index (χ4v) is 4.27. The molecule has 2 aromatic heterocycles. The number of carbonyl (C=O) groups is 1. The zero-order valence-electron chi connectivity index (χ0n) is 16.1. The molecule has 5 nitrogen and oxygen atoms in total. The second-order valence-electron chi connectivity index (χ2n) is 7.57. The molecule has 0 saturated carbocycles. The van der Waals surface area contributed by atoms with E-state index in [2.05, 4.69) is 11.0 Å². The van der Waals surface area contributed by atoms with Crippen molar-refractivity contribution in [3.05, 3.63) is 71.6 Å². The normalized spacial score (nSPS) is 16.2. The van der Waals surface area contributed by atoms with Gasteiger partial charge in [0.15, 0.2) is 5.76 Å². The van der Waals surface area contributed by atoms with Crippen LogP contribution in [0.4, 0.5) is 10.2 Å². The predicted molar refractivity (Wildman–Crippen MR) is 108 cm³/mol. The first-order chi connectivity index (χ1) is 14.2. The van der Waals surface area contributed by atoms with Crippen LogP contribution in [0.1, 0.15) is 28.2 Å². The van der Waals surface area contributed by atoms with E-state index in [1.54, 1.807) is 12.1 Å². The summed E-state index contributed by atoms with van der Waals surface area (Å²) in [5.74, 6) is 1.03. The molecule has 0 bridgehead atoms. The Labute approximate surface area is 168 Å². The molecule has 5 rings (SSSR count). The number of hydrogen-bond acceptors (Lipinski definition) is 4. The number of aryl methyl sites for hydroxylation is 1. The van der Waals surface area contributed by atoms with Gasteiger partial charge in [0.1, 0.15) is 11.6 Å². The lowest BCUT2D eigenvalue weighted by atomic mass is 9.99. The smallest absolute Gasteiger partial charge is 0.289 e. The van der Waals surface area contributed by atoms with Crippen LogP contribution in [0.3, 0.4) is 0 Å². The van der Waals surface area contributed by atoms with Crippen molar-refractivity contribution in [1.29, 1.82) is 0 Å². The second kappa shape index (κ2) is 7.35. The van der Waals surface area contributed by atoms with Crippen molar-refractivity contribution in [3.63, 3.8) is 0 Å². The molecule has 0 radical (unpaired) electrons. The van der Waals surface area contributed by atoms with E-state index in [9.17, 15) is 9.18 Å². The van der Waals surface area contributed by atoms with E-state index in [-0.39, 0.29) is 11.7 Å². The maximum Gasteiger partial charge on any atom is 0.289 e. The Balaban J connectivity index is 1.39. The summed E-state index contributed by atoms with van der Waals surface area (Å²) in [5.41, 5.74) is 4.61. The van der Waals surface area contributed by atoms with Crippen LogP contribution in [-0.2, 0) is 12.8 Å². The van der Waals surface area contributed by atoms with Gasteiger partial charge in [0.25, 0.3) is 5.91 Å². The summed E-state index contributed by atoms with van der Waals surface area (Å²) in [7, 11) is 0. The summed E-state index contributed by atoms with van der Waals surface area (Å²) >= 11 is 0. The van der Waals surface area contributed by atoms with E-state index in [0.29, 0.717) is 18.8 Å². The van der Waals surface area contributed by atoms with E-state index >= 15 is 0 Å². The molecule has 1 saturated heterocycles. The highest BCUT2D eigenvalue weighted by molar-refractivity contribution is 5.91. The van der Waals surface area contributed by atoms with Gasteiger partial charge in [-0.3, -0.25) is 4.79 Å². The van der Waals surface area contributed by atoms with Crippen LogP contribution in [0.2, 0.25) is 0 Å². The molecule has 148 valence electrons. The van der Waals surface area contributed by atoms with Gasteiger partial charge in [0.05, 0.1) is 6.26 Å². The Bertz CT molecular complexity index is 1020. The van der Waals surface area contributed by atoms with Crippen molar-refractivity contribution >= 4 is 11.7 Å². The summed E-state index contributed by atoms with van der Waals surface area (Å²) in [6, 6.07) is 12.3. The third kappa shape index (κ3) is 3.39. The van der Waals surface area contributed by atoms with E-state index in [4.69, 9.17) is 9.40 Å². The van der Waals surface area contributed by atoms with Crippen LogP contribution < -0.4 is 4.90 Å². The van der Waals surface area contributed by atoms with Crippen LogP contribution in [0, 0.1) is 5.82 Å². The molecule has 1 amide bonds. The lowest BCUT2D eigenvalue weighted by molar-refractivity contribution is 0.0714. The summed E-state index contributed by atoms with van der Waals surface area (Å²) < 4.78 is 18.6. The van der Waals surface area contributed by atoms with Gasteiger partial charge in [0.2, 0.25) is 0 Å². The van der Waals surface area contributed by atoms with Crippen molar-refractivity contribution in [2.24, 2.45) is 0 Å². The van der Waals surface area contributed by atoms with Crippen LogP contribution >= 0.6 is 0 Å². The zero-order valence-corrected chi connectivity index (χ0v) is 16.1. The minimum Gasteiger partial charge on any atom is -0.459 e. The van der Waals surface area contributed by atoms with E-state index in [1.165, 1.54) is 24.0 Å². The molecule has 3 heterocycles. The Hall–Kier alpha value is -3.15. The first-order valence-corrected chi connectivity index (χ1v) is 10.1. The lowest BCUT2D eigenvalue weighted by Gasteiger charge is -2.35. The molecule has 1 fully saturated rings. The number of benzene rings is 1. The third-order valence-electron chi connectivity index (χ3n) is 5.81. The average molecular weight is 391 g/mol. The first kappa shape index (κ1) is 17.9. The van der Waals surface area contributed by atoms with Crippen molar-refractivity contribution in [3.8, 4) is 11.1 Å². The van der Waals surface area contributed by atoms with Gasteiger partial charge in [-0.05, 0) is 66.3 Å². The van der Waals surface area contributed by atoms with E-state index < -0.39 is 0 Å². The summed E-state index contributed by atoms with van der Waals surface area (Å²) in [5, 5.41) is 0. The quantitative estimate of drug-likeness (QED) is 0.679. The Morgan fingerprint density at radius 2 is 1.83 bits per heavy atom. The molecule has 0 N–H and O–H groups in total. The standard InChI is InChI=1S/C23H22FN3O2/c24-17-8-6-16(7-9-17)19-15-22(25-20-4-1-3-18(19)20)26-10-12-27(13-11-26)23(28)21-5-2-14-29-21/h2,5-9,14-15H,1,3-4,10-13H2. The number of rotatable bonds is 3. The monoisotopic (exact) mass is 391 g/mol. The SMILES string of the molecule is O=C(c1ccco1)N1CCN(c2cc(-c3ccc(F)cc3)c3c(n2)CCC3)CC1. The molecule has 29 heavy (non-hydrogen) atoms. The molecule has 1 aliphatic heterocycles. The number of halogens is 1. The number of pyridine rings is 1. The van der Waals surface area contributed by atoms with Crippen LogP contribution in [0.5, 0.6) is 0 Å². The minimum absolute atomic E-state index is 0.0661. The molecule has 6 heteroatoms. The van der Waals surface area contributed by atoms with Gasteiger partial charge in [0, 0.05) is 31.9 Å². The average Bonchev–Trinajstić information content (AvgIpc) is 3.45. The van der Waals surface area contributed by atoms with Crippen molar-refractivity contribution in [2.75, 3.05) is 31.1 Å². The van der Waals surface area contributed by atoms with E-state index in [0.717, 1.165) is 55.0 Å². The number of furan rings is 1. The predicted octanol–water partition coefficient (Wildman–Crippen LogP) is 3.93. The molecule has 0 atom stereocenters. The minimum atomic E-state index is -0.225. The molecule has 0 unspecified atom stereocenters. The number of nitrogens with zero attached hydrogens (tertiary/aromatic N) is 3. The van der Waals surface area contributed by atoms with E-state index in [1.807, 2.05) is 17.0 Å². The molecular weight excluding hydrogens is 369 g/mol. The first-order valence-electron chi connectivity index (χ1n) is 10.1. The fourth-order valence-electron chi connectivity index (χ4n) is 4.27. The Morgan fingerprint density at radius 3 is 2.55 bits per heavy atom. The third-order valence-corrected chi connectivity index (χ3v) is 5.81. The van der Waals surface area contributed by atoms with Crippen LogP contribution in [0.15, 0.2) is 53.1 Å². The summed E-state index contributed by atoms with van der Waals surface area (Å²) in [4.78, 5) is 21.5. The van der Waals surface area contributed by atoms with Crippen molar-refractivity contribution < 1.29 is 13.6 Å². The van der Waals surface area contributed by atoms with Gasteiger partial charge in [-0.25, -0.2) is 9.37 Å². The van der Waals surface area contributed by atoms with Crippen molar-refractivity contribution in [2.45, 2.75) is 19.3 Å². The van der Waals surface area contributed by atoms with Crippen LogP contribution in [0.25, 0.3) is 11.1 Å². The number of fused-ring (bicyclic) bond motifs is 1. The van der Waals surface area contributed by atoms with Gasteiger partial charge < -0.3 is 14.2 Å². The summed E-state index contributed by atoms with van der Waals surface area (Å²) in [6.45, 7) is 2.70. The number of carbonyl (C=O) groups excluding carboxylic acids is 1. The number of aromatic nitrogens is 1. The molecule has 1 aromatic carbocycles. The van der Waals surface area contributed by atoms with Gasteiger partial charge in [-0.2, -0.15) is 0 Å². The molecular formula is C23H22FN3O2. The molecule has 3 aromatic rings. The maximum atomic E-state index is 13.4. The number of hydrogen-bond donors (Lipinski definition) is 0. The topological polar surface area (TPSA) is 49.6 Å². The largest absolute Gasteiger partial charge is 0.459 e. The zero-order chi connectivity index (χ0) is 19.8. The highest BCUT2D eigenvalue weighted by Gasteiger charge is 2.26. The fraction of sp³-hybridized carbons (Fsp3) is 0.304. The highest BCUT2D eigenvalue weighted by atomic mass is 19.1. The Morgan fingerprint density at radius 1 is 1.03 bits per heavy atom. The lowest BCUT2D eigenvalue weighted by Crippen LogP contribution is -2.49. The van der Waals surface area contributed by atoms with Crippen LogP contribution in [-0.4, -0.2) is 42.0 Å². The van der Waals surface area contributed by atoms with Gasteiger partial charge in [-0.1, -0.05) is 12.1 Å². The highest BCUT2D eigenvalue weighted by Crippen LogP contribution is 2.34. The number of anilines is 1. The summed E-state index contributed by atoms with van der Waals surface area (Å²) in [6.07, 6.45) is 4.62. The molecule has 0 spiro atoms. The van der Waals surface area contributed by atoms with Crippen molar-refractivity contribution in [1.82, 2.24) is 9.88 Å². The maximum absolute atomic E-state index is 13.4.